The Hall–Kier alpha value is -2.50. The maximum atomic E-state index is 13.8. The first-order valence-electron chi connectivity index (χ1n) is 8.65. The average Bonchev–Trinajstić information content (AvgIpc) is 3.44. The molecule has 0 spiro atoms. The molecule has 2 aromatic carbocycles. The van der Waals surface area contributed by atoms with Gasteiger partial charge in [0.1, 0.15) is 11.6 Å². The van der Waals surface area contributed by atoms with Crippen molar-refractivity contribution in [3.63, 3.8) is 0 Å². The summed E-state index contributed by atoms with van der Waals surface area (Å²) in [5.74, 6) is -1.86. The highest BCUT2D eigenvalue weighted by Crippen LogP contribution is 2.29. The number of amides is 1. The zero-order chi connectivity index (χ0) is 18.5. The van der Waals surface area contributed by atoms with E-state index in [1.54, 1.807) is 23.1 Å². The Balaban J connectivity index is 1.50. The Labute approximate surface area is 150 Å². The predicted molar refractivity (Wildman–Crippen MR) is 91.1 cm³/mol. The molecule has 6 heteroatoms. The van der Waals surface area contributed by atoms with Crippen LogP contribution in [0.4, 0.5) is 13.2 Å². The second-order valence-corrected chi connectivity index (χ2v) is 6.37. The van der Waals surface area contributed by atoms with Crippen molar-refractivity contribution >= 4 is 5.91 Å². The smallest absolute Gasteiger partial charge is 0.223 e. The van der Waals surface area contributed by atoms with Gasteiger partial charge in [0.2, 0.25) is 5.91 Å². The van der Waals surface area contributed by atoms with E-state index in [9.17, 15) is 18.0 Å². The molecule has 0 unspecified atom stereocenters. The number of hydrogen-bond acceptors (Lipinski definition) is 2. The lowest BCUT2D eigenvalue weighted by Crippen LogP contribution is -2.33. The van der Waals surface area contributed by atoms with Crippen LogP contribution in [0.2, 0.25) is 0 Å². The van der Waals surface area contributed by atoms with Crippen LogP contribution in [0.5, 0.6) is 5.75 Å². The summed E-state index contributed by atoms with van der Waals surface area (Å²) in [6.45, 7) is 0.399. The van der Waals surface area contributed by atoms with E-state index >= 15 is 0 Å². The van der Waals surface area contributed by atoms with Crippen LogP contribution < -0.4 is 4.74 Å². The van der Waals surface area contributed by atoms with Gasteiger partial charge in [0.05, 0.1) is 6.61 Å². The fourth-order valence-corrected chi connectivity index (χ4v) is 2.76. The zero-order valence-electron chi connectivity index (χ0n) is 14.3. The Kier molecular flexibility index (Phi) is 5.81. The molecule has 26 heavy (non-hydrogen) atoms. The Bertz CT molecular complexity index is 777. The van der Waals surface area contributed by atoms with Crippen molar-refractivity contribution in [3.8, 4) is 5.75 Å². The van der Waals surface area contributed by atoms with Gasteiger partial charge in [0.15, 0.2) is 11.6 Å². The molecule has 138 valence electrons. The van der Waals surface area contributed by atoms with Gasteiger partial charge < -0.3 is 9.64 Å². The third-order valence-corrected chi connectivity index (χ3v) is 4.29. The van der Waals surface area contributed by atoms with Gasteiger partial charge >= 0.3 is 0 Å². The van der Waals surface area contributed by atoms with Crippen LogP contribution in [-0.2, 0) is 11.3 Å². The molecule has 3 nitrogen and oxygen atoms in total. The lowest BCUT2D eigenvalue weighted by atomic mass is 10.2. The quantitative estimate of drug-likeness (QED) is 0.649. The number of carbonyl (C=O) groups excluding carboxylic acids is 1. The molecule has 2 aromatic rings. The first kappa shape index (κ1) is 18.3. The number of rotatable bonds is 8. The lowest BCUT2D eigenvalue weighted by molar-refractivity contribution is -0.132. The van der Waals surface area contributed by atoms with Gasteiger partial charge in [-0.15, -0.1) is 0 Å². The van der Waals surface area contributed by atoms with Crippen molar-refractivity contribution < 1.29 is 22.7 Å². The van der Waals surface area contributed by atoms with Gasteiger partial charge in [-0.05, 0) is 37.5 Å². The van der Waals surface area contributed by atoms with Crippen LogP contribution in [0, 0.1) is 17.5 Å². The standard InChI is InChI=1S/C20H20F3NO2/c21-15-7-10-19(18(23)12-15)26-11-3-6-20(25)24(16-8-9-16)13-14-4-1-2-5-17(14)22/h1-2,4-5,7,10,12,16H,3,6,8-9,11,13H2. The van der Waals surface area contributed by atoms with Crippen molar-refractivity contribution in [1.29, 1.82) is 0 Å². The van der Waals surface area contributed by atoms with Gasteiger partial charge in [-0.25, -0.2) is 13.2 Å². The largest absolute Gasteiger partial charge is 0.491 e. The fourth-order valence-electron chi connectivity index (χ4n) is 2.76. The average molecular weight is 363 g/mol. The molecule has 0 aromatic heterocycles. The molecule has 0 N–H and O–H groups in total. The highest BCUT2D eigenvalue weighted by atomic mass is 19.1. The molecule has 0 saturated heterocycles. The number of benzene rings is 2. The predicted octanol–water partition coefficient (Wildman–Crippen LogP) is 4.45. The van der Waals surface area contributed by atoms with Crippen molar-refractivity contribution in [3.05, 3.63) is 65.5 Å². The van der Waals surface area contributed by atoms with E-state index in [1.807, 2.05) is 0 Å². The Morgan fingerprint density at radius 3 is 2.54 bits per heavy atom. The summed E-state index contributed by atoms with van der Waals surface area (Å²) in [6.07, 6.45) is 2.48. The van der Waals surface area contributed by atoms with E-state index in [0.717, 1.165) is 25.0 Å². The molecule has 0 radical (unpaired) electrons. The summed E-state index contributed by atoms with van der Waals surface area (Å²) < 4.78 is 45.4. The molecule has 1 aliphatic rings. The van der Waals surface area contributed by atoms with Gasteiger partial charge in [0.25, 0.3) is 0 Å². The first-order chi connectivity index (χ1) is 12.5. The Morgan fingerprint density at radius 2 is 1.85 bits per heavy atom. The summed E-state index contributed by atoms with van der Waals surface area (Å²) in [5, 5.41) is 0. The normalized spacial score (nSPS) is 13.5. The zero-order valence-corrected chi connectivity index (χ0v) is 14.3. The fraction of sp³-hybridized carbons (Fsp3) is 0.350. The number of carbonyl (C=O) groups is 1. The topological polar surface area (TPSA) is 29.5 Å². The molecule has 1 aliphatic carbocycles. The van der Waals surface area contributed by atoms with Crippen LogP contribution in [0.1, 0.15) is 31.2 Å². The third kappa shape index (κ3) is 4.77. The molecular formula is C20H20F3NO2. The highest BCUT2D eigenvalue weighted by molar-refractivity contribution is 5.76. The van der Waals surface area contributed by atoms with E-state index < -0.39 is 11.6 Å². The molecule has 0 bridgehead atoms. The van der Waals surface area contributed by atoms with Crippen LogP contribution >= 0.6 is 0 Å². The van der Waals surface area contributed by atoms with Gasteiger partial charge in [-0.2, -0.15) is 0 Å². The number of nitrogens with zero attached hydrogens (tertiary/aromatic N) is 1. The van der Waals surface area contributed by atoms with Gasteiger partial charge in [0, 0.05) is 30.6 Å². The van der Waals surface area contributed by atoms with Crippen molar-refractivity contribution in [2.24, 2.45) is 0 Å². The summed E-state index contributed by atoms with van der Waals surface area (Å²) in [4.78, 5) is 14.2. The maximum absolute atomic E-state index is 13.8. The van der Waals surface area contributed by atoms with Crippen LogP contribution in [0.3, 0.4) is 0 Å². The minimum absolute atomic E-state index is 0.0377. The second-order valence-electron chi connectivity index (χ2n) is 6.37. The van der Waals surface area contributed by atoms with Crippen molar-refractivity contribution in [1.82, 2.24) is 4.90 Å². The van der Waals surface area contributed by atoms with Crippen molar-refractivity contribution in [2.75, 3.05) is 6.61 Å². The van der Waals surface area contributed by atoms with Crippen LogP contribution in [0.15, 0.2) is 42.5 Å². The summed E-state index contributed by atoms with van der Waals surface area (Å²) in [7, 11) is 0. The molecule has 1 fully saturated rings. The monoisotopic (exact) mass is 363 g/mol. The molecule has 1 amide bonds. The van der Waals surface area contributed by atoms with E-state index in [-0.39, 0.29) is 43.1 Å². The number of hydrogen-bond donors (Lipinski definition) is 0. The maximum Gasteiger partial charge on any atom is 0.223 e. The van der Waals surface area contributed by atoms with Crippen molar-refractivity contribution in [2.45, 2.75) is 38.3 Å². The van der Waals surface area contributed by atoms with E-state index in [4.69, 9.17) is 4.74 Å². The molecule has 0 aliphatic heterocycles. The lowest BCUT2D eigenvalue weighted by Gasteiger charge is -2.23. The molecular weight excluding hydrogens is 343 g/mol. The summed E-state index contributed by atoms with van der Waals surface area (Å²) in [6, 6.07) is 9.69. The number of ether oxygens (including phenoxy) is 1. The molecule has 0 atom stereocenters. The minimum atomic E-state index is -0.768. The van der Waals surface area contributed by atoms with E-state index in [1.165, 1.54) is 12.1 Å². The van der Waals surface area contributed by atoms with Crippen LogP contribution in [0.25, 0.3) is 0 Å². The van der Waals surface area contributed by atoms with Crippen LogP contribution in [-0.4, -0.2) is 23.5 Å². The Morgan fingerprint density at radius 1 is 1.08 bits per heavy atom. The minimum Gasteiger partial charge on any atom is -0.491 e. The summed E-state index contributed by atoms with van der Waals surface area (Å²) in [5.41, 5.74) is 0.498. The second kappa shape index (κ2) is 8.25. The van der Waals surface area contributed by atoms with E-state index in [0.29, 0.717) is 12.0 Å². The highest BCUT2D eigenvalue weighted by Gasteiger charge is 2.32. The SMILES string of the molecule is O=C(CCCOc1ccc(F)cc1F)N(Cc1ccccc1F)C1CC1. The molecule has 1 saturated carbocycles. The van der Waals surface area contributed by atoms with Gasteiger partial charge in [-0.1, -0.05) is 18.2 Å². The molecule has 3 rings (SSSR count). The molecule has 0 heterocycles. The summed E-state index contributed by atoms with van der Waals surface area (Å²) >= 11 is 0. The first-order valence-corrected chi connectivity index (χ1v) is 8.65. The number of halogens is 3. The van der Waals surface area contributed by atoms with E-state index in [2.05, 4.69) is 0 Å². The van der Waals surface area contributed by atoms with Gasteiger partial charge in [-0.3, -0.25) is 4.79 Å². The third-order valence-electron chi connectivity index (χ3n) is 4.29.